The Balaban J connectivity index is 1.97. The zero-order valence-electron chi connectivity index (χ0n) is 11.7. The van der Waals surface area contributed by atoms with Crippen LogP contribution in [0.2, 0.25) is 0 Å². The predicted octanol–water partition coefficient (Wildman–Crippen LogP) is 1.97. The molecule has 1 amide bonds. The summed E-state index contributed by atoms with van der Waals surface area (Å²) in [4.78, 5) is 11.7. The molecule has 3 N–H and O–H groups in total. The zero-order chi connectivity index (χ0) is 13.3. The molecule has 1 fully saturated rings. The number of nitrogens with one attached hydrogen (secondary N) is 1. The molecule has 0 aromatic rings. The summed E-state index contributed by atoms with van der Waals surface area (Å²) in [5, 5.41) is 2.93. The predicted molar refractivity (Wildman–Crippen MR) is 73.4 cm³/mol. The second-order valence-electron chi connectivity index (χ2n) is 5.42. The van der Waals surface area contributed by atoms with Crippen molar-refractivity contribution in [2.45, 2.75) is 63.8 Å². The third-order valence-corrected chi connectivity index (χ3v) is 3.54. The summed E-state index contributed by atoms with van der Waals surface area (Å²) in [6, 6.07) is 0. The molecule has 18 heavy (non-hydrogen) atoms. The van der Waals surface area contributed by atoms with Gasteiger partial charge in [-0.2, -0.15) is 0 Å². The number of hydrogen-bond acceptors (Lipinski definition) is 3. The largest absolute Gasteiger partial charge is 0.381 e. The number of rotatable bonds is 9. The lowest BCUT2D eigenvalue weighted by Gasteiger charge is -2.22. The topological polar surface area (TPSA) is 64.3 Å². The van der Waals surface area contributed by atoms with Crippen molar-refractivity contribution in [1.29, 1.82) is 0 Å². The standard InChI is InChI=1S/C14H28N2O2/c1-2-3-10-18-11-6-9-16-13(17)12-14(15)7-4-5-8-14/h2-12,15H2,1H3,(H,16,17). The number of ether oxygens (including phenoxy) is 1. The Labute approximate surface area is 111 Å². The molecule has 0 spiro atoms. The van der Waals surface area contributed by atoms with Gasteiger partial charge in [0.2, 0.25) is 5.91 Å². The Morgan fingerprint density at radius 2 is 1.94 bits per heavy atom. The summed E-state index contributed by atoms with van der Waals surface area (Å²) in [5.74, 6) is 0.0907. The highest BCUT2D eigenvalue weighted by atomic mass is 16.5. The Morgan fingerprint density at radius 3 is 2.61 bits per heavy atom. The first kappa shape index (κ1) is 15.4. The molecule has 0 saturated heterocycles. The lowest BCUT2D eigenvalue weighted by molar-refractivity contribution is -0.122. The molecule has 106 valence electrons. The van der Waals surface area contributed by atoms with Crippen LogP contribution in [0.25, 0.3) is 0 Å². The van der Waals surface area contributed by atoms with Gasteiger partial charge in [-0.3, -0.25) is 4.79 Å². The minimum absolute atomic E-state index is 0.0907. The summed E-state index contributed by atoms with van der Waals surface area (Å²) < 4.78 is 5.43. The van der Waals surface area contributed by atoms with Gasteiger partial charge in [-0.15, -0.1) is 0 Å². The van der Waals surface area contributed by atoms with E-state index in [4.69, 9.17) is 10.5 Å². The van der Waals surface area contributed by atoms with Gasteiger partial charge in [-0.1, -0.05) is 26.2 Å². The van der Waals surface area contributed by atoms with E-state index in [9.17, 15) is 4.79 Å². The van der Waals surface area contributed by atoms with Crippen molar-refractivity contribution in [2.75, 3.05) is 19.8 Å². The van der Waals surface area contributed by atoms with E-state index in [1.165, 1.54) is 0 Å². The van der Waals surface area contributed by atoms with Gasteiger partial charge in [0.1, 0.15) is 0 Å². The molecular weight excluding hydrogens is 228 g/mol. The highest BCUT2D eigenvalue weighted by Gasteiger charge is 2.31. The van der Waals surface area contributed by atoms with Crippen molar-refractivity contribution in [3.63, 3.8) is 0 Å². The molecular formula is C14H28N2O2. The van der Waals surface area contributed by atoms with E-state index in [-0.39, 0.29) is 11.4 Å². The maximum atomic E-state index is 11.7. The molecule has 0 heterocycles. The van der Waals surface area contributed by atoms with Crippen LogP contribution in [-0.4, -0.2) is 31.2 Å². The molecule has 0 unspecified atom stereocenters. The average molecular weight is 256 g/mol. The normalized spacial score (nSPS) is 17.9. The Kier molecular flexibility index (Phi) is 7.28. The molecule has 1 saturated carbocycles. The number of carbonyl (C=O) groups is 1. The fraction of sp³-hybridized carbons (Fsp3) is 0.929. The second kappa shape index (κ2) is 8.48. The number of carbonyl (C=O) groups excluding carboxylic acids is 1. The van der Waals surface area contributed by atoms with E-state index in [2.05, 4.69) is 12.2 Å². The van der Waals surface area contributed by atoms with Crippen molar-refractivity contribution in [1.82, 2.24) is 5.32 Å². The molecule has 4 heteroatoms. The molecule has 0 atom stereocenters. The average Bonchev–Trinajstić information content (AvgIpc) is 2.74. The lowest BCUT2D eigenvalue weighted by Crippen LogP contribution is -2.42. The lowest BCUT2D eigenvalue weighted by atomic mass is 9.94. The maximum absolute atomic E-state index is 11.7. The third kappa shape index (κ3) is 6.36. The van der Waals surface area contributed by atoms with Gasteiger partial charge in [0.25, 0.3) is 0 Å². The molecule has 0 radical (unpaired) electrons. The Morgan fingerprint density at radius 1 is 1.28 bits per heavy atom. The molecule has 1 aliphatic rings. The monoisotopic (exact) mass is 256 g/mol. The SMILES string of the molecule is CCCCOCCCNC(=O)CC1(N)CCCC1. The van der Waals surface area contributed by atoms with E-state index in [0.29, 0.717) is 13.0 Å². The van der Waals surface area contributed by atoms with E-state index >= 15 is 0 Å². The first-order chi connectivity index (χ1) is 8.66. The van der Waals surface area contributed by atoms with Crippen LogP contribution in [0.3, 0.4) is 0 Å². The highest BCUT2D eigenvalue weighted by molar-refractivity contribution is 5.77. The second-order valence-corrected chi connectivity index (χ2v) is 5.42. The molecule has 0 aromatic heterocycles. The summed E-state index contributed by atoms with van der Waals surface area (Å²) in [6.45, 7) is 4.40. The van der Waals surface area contributed by atoms with Crippen molar-refractivity contribution >= 4 is 5.91 Å². The van der Waals surface area contributed by atoms with Gasteiger partial charge < -0.3 is 15.8 Å². The van der Waals surface area contributed by atoms with Crippen molar-refractivity contribution < 1.29 is 9.53 Å². The third-order valence-electron chi connectivity index (χ3n) is 3.54. The van der Waals surface area contributed by atoms with Gasteiger partial charge in [0.05, 0.1) is 0 Å². The number of amides is 1. The van der Waals surface area contributed by atoms with Crippen LogP contribution in [-0.2, 0) is 9.53 Å². The molecule has 0 aliphatic heterocycles. The van der Waals surface area contributed by atoms with E-state index in [1.54, 1.807) is 0 Å². The van der Waals surface area contributed by atoms with E-state index in [1.807, 2.05) is 0 Å². The van der Waals surface area contributed by atoms with Crippen LogP contribution in [0.1, 0.15) is 58.3 Å². The first-order valence-electron chi connectivity index (χ1n) is 7.30. The first-order valence-corrected chi connectivity index (χ1v) is 7.30. The fourth-order valence-electron chi connectivity index (χ4n) is 2.39. The number of hydrogen-bond donors (Lipinski definition) is 2. The molecule has 4 nitrogen and oxygen atoms in total. The van der Waals surface area contributed by atoms with Crippen LogP contribution in [0.15, 0.2) is 0 Å². The van der Waals surface area contributed by atoms with Gasteiger partial charge in [-0.05, 0) is 25.7 Å². The summed E-state index contributed by atoms with van der Waals surface area (Å²) in [7, 11) is 0. The van der Waals surface area contributed by atoms with Crippen molar-refractivity contribution in [3.05, 3.63) is 0 Å². The number of nitrogens with two attached hydrogens (primary N) is 1. The summed E-state index contributed by atoms with van der Waals surface area (Å²) in [6.07, 6.45) is 7.93. The molecule has 0 bridgehead atoms. The van der Waals surface area contributed by atoms with Crippen molar-refractivity contribution in [2.24, 2.45) is 5.73 Å². The van der Waals surface area contributed by atoms with E-state index < -0.39 is 0 Å². The zero-order valence-corrected chi connectivity index (χ0v) is 11.7. The number of unbranched alkanes of at least 4 members (excludes halogenated alkanes) is 1. The van der Waals surface area contributed by atoms with E-state index in [0.717, 1.165) is 58.2 Å². The van der Waals surface area contributed by atoms with Crippen LogP contribution in [0, 0.1) is 0 Å². The minimum Gasteiger partial charge on any atom is -0.381 e. The maximum Gasteiger partial charge on any atom is 0.221 e. The van der Waals surface area contributed by atoms with Crippen LogP contribution >= 0.6 is 0 Å². The van der Waals surface area contributed by atoms with Gasteiger partial charge in [-0.25, -0.2) is 0 Å². The van der Waals surface area contributed by atoms with Gasteiger partial charge >= 0.3 is 0 Å². The Bertz CT molecular complexity index is 238. The molecule has 1 aliphatic carbocycles. The smallest absolute Gasteiger partial charge is 0.221 e. The highest BCUT2D eigenvalue weighted by Crippen LogP contribution is 2.29. The van der Waals surface area contributed by atoms with Crippen molar-refractivity contribution in [3.8, 4) is 0 Å². The van der Waals surface area contributed by atoms with Gasteiger partial charge in [0, 0.05) is 31.7 Å². The quantitative estimate of drug-likeness (QED) is 0.620. The Hall–Kier alpha value is -0.610. The summed E-state index contributed by atoms with van der Waals surface area (Å²) in [5.41, 5.74) is 5.93. The van der Waals surface area contributed by atoms with Crippen LogP contribution in [0.4, 0.5) is 0 Å². The van der Waals surface area contributed by atoms with Gasteiger partial charge in [0.15, 0.2) is 0 Å². The van der Waals surface area contributed by atoms with Crippen LogP contribution in [0.5, 0.6) is 0 Å². The fourth-order valence-corrected chi connectivity index (χ4v) is 2.39. The minimum atomic E-state index is -0.234. The molecule has 1 rings (SSSR count). The summed E-state index contributed by atoms with van der Waals surface area (Å²) >= 11 is 0. The van der Waals surface area contributed by atoms with Crippen LogP contribution < -0.4 is 11.1 Å². The molecule has 0 aromatic carbocycles.